The second-order valence-corrected chi connectivity index (χ2v) is 3.75. The van der Waals surface area contributed by atoms with Crippen LogP contribution in [0.3, 0.4) is 0 Å². The Morgan fingerprint density at radius 2 is 2.31 bits per heavy atom. The highest BCUT2D eigenvalue weighted by Gasteiger charge is 2.06. The maximum Gasteiger partial charge on any atom is 0.304 e. The van der Waals surface area contributed by atoms with Crippen molar-refractivity contribution in [2.24, 2.45) is 0 Å². The molecule has 0 amide bonds. The van der Waals surface area contributed by atoms with Gasteiger partial charge in [-0.05, 0) is 13.5 Å². The van der Waals surface area contributed by atoms with Gasteiger partial charge >= 0.3 is 5.97 Å². The van der Waals surface area contributed by atoms with Crippen molar-refractivity contribution >= 4 is 5.97 Å². The van der Waals surface area contributed by atoms with Gasteiger partial charge in [0, 0.05) is 32.0 Å². The summed E-state index contributed by atoms with van der Waals surface area (Å²) in [5, 5.41) is 8.61. The molecule has 1 aromatic rings. The molecule has 1 aromatic heterocycles. The van der Waals surface area contributed by atoms with Gasteiger partial charge in [0.2, 0.25) is 0 Å². The van der Waals surface area contributed by atoms with E-state index in [-0.39, 0.29) is 6.42 Å². The largest absolute Gasteiger partial charge is 0.481 e. The fourth-order valence-corrected chi connectivity index (χ4v) is 1.57. The summed E-state index contributed by atoms with van der Waals surface area (Å²) in [5.41, 5.74) is 0. The van der Waals surface area contributed by atoms with Crippen LogP contribution in [0, 0.1) is 6.92 Å². The van der Waals surface area contributed by atoms with Gasteiger partial charge in [0.25, 0.3) is 0 Å². The van der Waals surface area contributed by atoms with E-state index in [0.717, 1.165) is 25.5 Å². The molecule has 1 N–H and O–H groups in total. The highest BCUT2D eigenvalue weighted by Crippen LogP contribution is 1.98. The van der Waals surface area contributed by atoms with Crippen LogP contribution in [-0.2, 0) is 11.3 Å². The lowest BCUT2D eigenvalue weighted by Crippen LogP contribution is -2.29. The molecule has 1 rings (SSSR count). The van der Waals surface area contributed by atoms with Gasteiger partial charge in [-0.2, -0.15) is 0 Å². The molecule has 0 atom stereocenters. The zero-order valence-corrected chi connectivity index (χ0v) is 9.89. The van der Waals surface area contributed by atoms with E-state index in [1.54, 1.807) is 6.20 Å². The fourth-order valence-electron chi connectivity index (χ4n) is 1.57. The third-order valence-electron chi connectivity index (χ3n) is 2.67. The lowest BCUT2D eigenvalue weighted by Gasteiger charge is -2.19. The molecular formula is C11H19N3O2. The van der Waals surface area contributed by atoms with E-state index in [9.17, 15) is 4.79 Å². The number of aromatic nitrogens is 2. The zero-order valence-electron chi connectivity index (χ0n) is 9.89. The third-order valence-corrected chi connectivity index (χ3v) is 2.67. The molecule has 5 nitrogen and oxygen atoms in total. The number of likely N-dealkylation sites (N-methyl/N-ethyl adjacent to an activating group) is 1. The molecule has 0 saturated heterocycles. The lowest BCUT2D eigenvalue weighted by molar-refractivity contribution is -0.137. The van der Waals surface area contributed by atoms with Crippen molar-refractivity contribution in [3.63, 3.8) is 0 Å². The average Bonchev–Trinajstić information content (AvgIpc) is 2.64. The second-order valence-electron chi connectivity index (χ2n) is 3.75. The molecule has 0 fully saturated rings. The van der Waals surface area contributed by atoms with Crippen molar-refractivity contribution in [2.45, 2.75) is 26.8 Å². The second kappa shape index (κ2) is 6.27. The number of hydrogen-bond donors (Lipinski definition) is 1. The Morgan fingerprint density at radius 3 is 2.81 bits per heavy atom. The molecule has 0 saturated carbocycles. The molecule has 0 bridgehead atoms. The Balaban J connectivity index is 2.34. The van der Waals surface area contributed by atoms with E-state index in [2.05, 4.69) is 14.5 Å². The molecule has 0 aliphatic heterocycles. The Hall–Kier alpha value is -1.36. The van der Waals surface area contributed by atoms with Crippen LogP contribution in [0.4, 0.5) is 0 Å². The zero-order chi connectivity index (χ0) is 12.0. The monoisotopic (exact) mass is 225 g/mol. The Labute approximate surface area is 95.7 Å². The molecule has 16 heavy (non-hydrogen) atoms. The van der Waals surface area contributed by atoms with Crippen molar-refractivity contribution in [1.82, 2.24) is 14.5 Å². The highest BCUT2D eigenvalue weighted by atomic mass is 16.4. The van der Waals surface area contributed by atoms with E-state index in [1.165, 1.54) is 0 Å². The predicted molar refractivity (Wildman–Crippen MR) is 61.3 cm³/mol. The number of hydrogen-bond acceptors (Lipinski definition) is 3. The fraction of sp³-hybridized carbons (Fsp3) is 0.636. The molecular weight excluding hydrogens is 206 g/mol. The normalized spacial score (nSPS) is 10.9. The number of rotatable bonds is 7. The summed E-state index contributed by atoms with van der Waals surface area (Å²) in [7, 11) is 0. The molecule has 5 heteroatoms. The summed E-state index contributed by atoms with van der Waals surface area (Å²) in [4.78, 5) is 16.7. The van der Waals surface area contributed by atoms with Gasteiger partial charge < -0.3 is 14.6 Å². The van der Waals surface area contributed by atoms with Crippen molar-refractivity contribution < 1.29 is 9.90 Å². The van der Waals surface area contributed by atoms with E-state index in [4.69, 9.17) is 5.11 Å². The maximum atomic E-state index is 10.5. The first-order valence-electron chi connectivity index (χ1n) is 5.55. The van der Waals surface area contributed by atoms with E-state index in [0.29, 0.717) is 6.54 Å². The van der Waals surface area contributed by atoms with Gasteiger partial charge in [0.15, 0.2) is 0 Å². The Bertz CT molecular complexity index is 336. The lowest BCUT2D eigenvalue weighted by atomic mass is 10.3. The molecule has 0 aliphatic carbocycles. The number of imidazole rings is 1. The molecule has 0 spiro atoms. The van der Waals surface area contributed by atoms with Gasteiger partial charge in [0.05, 0.1) is 6.42 Å². The van der Waals surface area contributed by atoms with Crippen LogP contribution in [0.2, 0.25) is 0 Å². The third kappa shape index (κ3) is 4.02. The molecule has 0 radical (unpaired) electrons. The number of aryl methyl sites for hydroxylation is 1. The quantitative estimate of drug-likeness (QED) is 0.751. The van der Waals surface area contributed by atoms with Gasteiger partial charge in [-0.3, -0.25) is 4.79 Å². The first-order valence-corrected chi connectivity index (χ1v) is 5.55. The van der Waals surface area contributed by atoms with Crippen LogP contribution in [0.25, 0.3) is 0 Å². The number of carboxylic acid groups (broad SMARTS) is 1. The van der Waals surface area contributed by atoms with E-state index >= 15 is 0 Å². The first kappa shape index (κ1) is 12.7. The number of nitrogens with zero attached hydrogens (tertiary/aromatic N) is 3. The van der Waals surface area contributed by atoms with Gasteiger partial charge in [0.1, 0.15) is 5.82 Å². The number of carbonyl (C=O) groups is 1. The average molecular weight is 225 g/mol. The van der Waals surface area contributed by atoms with Crippen LogP contribution < -0.4 is 0 Å². The molecule has 0 aromatic carbocycles. The molecule has 1 heterocycles. The van der Waals surface area contributed by atoms with Gasteiger partial charge in [-0.1, -0.05) is 6.92 Å². The summed E-state index contributed by atoms with van der Waals surface area (Å²) < 4.78 is 2.07. The van der Waals surface area contributed by atoms with Crippen LogP contribution >= 0.6 is 0 Å². The minimum absolute atomic E-state index is 0.205. The standard InChI is InChI=1S/C11H19N3O2/c1-3-13(6-4-11(15)16)8-9-14-7-5-12-10(14)2/h5,7H,3-4,6,8-9H2,1-2H3,(H,15,16). The Morgan fingerprint density at radius 1 is 1.56 bits per heavy atom. The van der Waals surface area contributed by atoms with E-state index < -0.39 is 5.97 Å². The molecule has 0 aliphatic rings. The molecule has 90 valence electrons. The summed E-state index contributed by atoms with van der Waals surface area (Å²) in [6.45, 7) is 7.22. The van der Waals surface area contributed by atoms with Crippen LogP contribution in [0.15, 0.2) is 12.4 Å². The Kier molecular flexibility index (Phi) is 4.98. The van der Waals surface area contributed by atoms with Gasteiger partial charge in [-0.25, -0.2) is 4.98 Å². The van der Waals surface area contributed by atoms with E-state index in [1.807, 2.05) is 20.0 Å². The maximum absolute atomic E-state index is 10.5. The van der Waals surface area contributed by atoms with Gasteiger partial charge in [-0.15, -0.1) is 0 Å². The summed E-state index contributed by atoms with van der Waals surface area (Å²) in [6, 6.07) is 0. The smallest absolute Gasteiger partial charge is 0.304 e. The van der Waals surface area contributed by atoms with Crippen molar-refractivity contribution in [3.05, 3.63) is 18.2 Å². The first-order chi connectivity index (χ1) is 7.63. The van der Waals surface area contributed by atoms with Crippen molar-refractivity contribution in [1.29, 1.82) is 0 Å². The van der Waals surface area contributed by atoms with Crippen LogP contribution in [0.1, 0.15) is 19.2 Å². The van der Waals surface area contributed by atoms with Crippen LogP contribution in [-0.4, -0.2) is 45.2 Å². The minimum atomic E-state index is -0.739. The van der Waals surface area contributed by atoms with Crippen LogP contribution in [0.5, 0.6) is 0 Å². The number of carboxylic acids is 1. The molecule has 0 unspecified atom stereocenters. The number of aliphatic carboxylic acids is 1. The van der Waals surface area contributed by atoms with Crippen molar-refractivity contribution in [3.8, 4) is 0 Å². The SMILES string of the molecule is CCN(CCC(=O)O)CCn1ccnc1C. The highest BCUT2D eigenvalue weighted by molar-refractivity contribution is 5.66. The summed E-state index contributed by atoms with van der Waals surface area (Å²) in [5.74, 6) is 0.256. The summed E-state index contributed by atoms with van der Waals surface area (Å²) >= 11 is 0. The summed E-state index contributed by atoms with van der Waals surface area (Å²) in [6.07, 6.45) is 3.93. The topological polar surface area (TPSA) is 58.4 Å². The van der Waals surface area contributed by atoms with Crippen molar-refractivity contribution in [2.75, 3.05) is 19.6 Å². The predicted octanol–water partition coefficient (Wildman–Crippen LogP) is 0.988. The minimum Gasteiger partial charge on any atom is -0.481 e.